The second-order valence-corrected chi connectivity index (χ2v) is 6.73. The molecule has 0 saturated heterocycles. The smallest absolute Gasteiger partial charge is 0.269 e. The van der Waals surface area contributed by atoms with E-state index in [1.807, 2.05) is 13.8 Å². The summed E-state index contributed by atoms with van der Waals surface area (Å²) in [4.78, 5) is 35.3. The first-order chi connectivity index (χ1) is 13.8. The fourth-order valence-electron chi connectivity index (χ4n) is 2.49. The lowest BCUT2D eigenvalue weighted by atomic mass is 10.1. The van der Waals surface area contributed by atoms with E-state index in [9.17, 15) is 14.4 Å². The molecule has 8 heteroatoms. The van der Waals surface area contributed by atoms with Crippen molar-refractivity contribution in [2.24, 2.45) is 11.7 Å². The summed E-state index contributed by atoms with van der Waals surface area (Å²) in [7, 11) is 0. The zero-order valence-corrected chi connectivity index (χ0v) is 16.0. The van der Waals surface area contributed by atoms with E-state index in [0.29, 0.717) is 16.9 Å². The van der Waals surface area contributed by atoms with Crippen LogP contribution < -0.4 is 16.4 Å². The molecule has 3 rings (SSSR count). The van der Waals surface area contributed by atoms with Crippen molar-refractivity contribution >= 4 is 29.1 Å². The van der Waals surface area contributed by atoms with Gasteiger partial charge in [0.25, 0.3) is 11.8 Å². The van der Waals surface area contributed by atoms with Gasteiger partial charge in [0.15, 0.2) is 0 Å². The van der Waals surface area contributed by atoms with Gasteiger partial charge in [-0.1, -0.05) is 13.8 Å². The van der Waals surface area contributed by atoms with E-state index < -0.39 is 5.91 Å². The van der Waals surface area contributed by atoms with Crippen LogP contribution >= 0.6 is 0 Å². The van der Waals surface area contributed by atoms with Gasteiger partial charge in [0.1, 0.15) is 5.69 Å². The standard InChI is InChI=1S/C21H21N5O3/c1-13(2)20(28)23-15-5-3-14(4-6-15)21(29)24-16-7-9-17(10-8-16)26-12-11-18(25-26)19(22)27/h3-13H,1-2H3,(H2,22,27)(H,23,28)(H,24,29). The second kappa shape index (κ2) is 8.39. The maximum atomic E-state index is 12.4. The van der Waals surface area contributed by atoms with Crippen LogP contribution in [0.5, 0.6) is 0 Å². The van der Waals surface area contributed by atoms with Crippen LogP contribution in [-0.4, -0.2) is 27.5 Å². The zero-order valence-electron chi connectivity index (χ0n) is 16.0. The molecule has 0 unspecified atom stereocenters. The van der Waals surface area contributed by atoms with Crippen LogP contribution in [0.3, 0.4) is 0 Å². The van der Waals surface area contributed by atoms with Crippen molar-refractivity contribution in [1.82, 2.24) is 9.78 Å². The molecule has 0 atom stereocenters. The van der Waals surface area contributed by atoms with Gasteiger partial charge in [0, 0.05) is 29.1 Å². The van der Waals surface area contributed by atoms with Crippen molar-refractivity contribution in [1.29, 1.82) is 0 Å². The Balaban J connectivity index is 1.64. The monoisotopic (exact) mass is 391 g/mol. The topological polar surface area (TPSA) is 119 Å². The molecule has 3 aromatic rings. The van der Waals surface area contributed by atoms with Gasteiger partial charge < -0.3 is 16.4 Å². The van der Waals surface area contributed by atoms with E-state index in [1.165, 1.54) is 10.7 Å². The van der Waals surface area contributed by atoms with E-state index in [0.717, 1.165) is 5.69 Å². The summed E-state index contributed by atoms with van der Waals surface area (Å²) in [6, 6.07) is 15.2. The van der Waals surface area contributed by atoms with Crippen molar-refractivity contribution in [3.63, 3.8) is 0 Å². The molecule has 0 radical (unpaired) electrons. The molecule has 29 heavy (non-hydrogen) atoms. The highest BCUT2D eigenvalue weighted by molar-refractivity contribution is 6.04. The highest BCUT2D eigenvalue weighted by Crippen LogP contribution is 2.16. The van der Waals surface area contributed by atoms with Gasteiger partial charge in [-0.05, 0) is 54.6 Å². The number of carbonyl (C=O) groups excluding carboxylic acids is 3. The Morgan fingerprint density at radius 2 is 1.48 bits per heavy atom. The van der Waals surface area contributed by atoms with Crippen LogP contribution in [0.25, 0.3) is 5.69 Å². The maximum Gasteiger partial charge on any atom is 0.269 e. The van der Waals surface area contributed by atoms with Gasteiger partial charge in [0.05, 0.1) is 5.69 Å². The molecule has 0 fully saturated rings. The van der Waals surface area contributed by atoms with Gasteiger partial charge in [-0.3, -0.25) is 14.4 Å². The lowest BCUT2D eigenvalue weighted by Crippen LogP contribution is -2.18. The number of rotatable bonds is 6. The fraction of sp³-hybridized carbons (Fsp3) is 0.143. The predicted octanol–water partition coefficient (Wildman–Crippen LogP) is 2.82. The zero-order chi connectivity index (χ0) is 21.0. The molecule has 0 aliphatic carbocycles. The Bertz CT molecular complexity index is 1040. The summed E-state index contributed by atoms with van der Waals surface area (Å²) in [5.74, 6) is -1.07. The first kappa shape index (κ1) is 19.8. The largest absolute Gasteiger partial charge is 0.364 e. The number of benzene rings is 2. The number of anilines is 2. The van der Waals surface area contributed by atoms with E-state index in [1.54, 1.807) is 54.7 Å². The molecular weight excluding hydrogens is 370 g/mol. The molecule has 3 amide bonds. The van der Waals surface area contributed by atoms with Crippen LogP contribution in [0, 0.1) is 5.92 Å². The number of aromatic nitrogens is 2. The quantitative estimate of drug-likeness (QED) is 0.598. The lowest BCUT2D eigenvalue weighted by molar-refractivity contribution is -0.118. The molecule has 0 saturated carbocycles. The van der Waals surface area contributed by atoms with Crippen LogP contribution in [-0.2, 0) is 4.79 Å². The normalized spacial score (nSPS) is 10.6. The van der Waals surface area contributed by atoms with Crippen molar-refractivity contribution in [3.8, 4) is 5.69 Å². The van der Waals surface area contributed by atoms with Crippen LogP contribution in [0.4, 0.5) is 11.4 Å². The second-order valence-electron chi connectivity index (χ2n) is 6.73. The molecule has 2 aromatic carbocycles. The van der Waals surface area contributed by atoms with Crippen molar-refractivity contribution in [2.75, 3.05) is 10.6 Å². The van der Waals surface area contributed by atoms with Crippen molar-refractivity contribution in [3.05, 3.63) is 72.1 Å². The SMILES string of the molecule is CC(C)C(=O)Nc1ccc(C(=O)Nc2ccc(-n3ccc(C(N)=O)n3)cc2)cc1. The lowest BCUT2D eigenvalue weighted by Gasteiger charge is -2.09. The molecule has 8 nitrogen and oxygen atoms in total. The fourth-order valence-corrected chi connectivity index (χ4v) is 2.49. The predicted molar refractivity (Wildman–Crippen MR) is 110 cm³/mol. The molecule has 1 heterocycles. The number of hydrogen-bond acceptors (Lipinski definition) is 4. The highest BCUT2D eigenvalue weighted by Gasteiger charge is 2.10. The number of primary amides is 1. The third kappa shape index (κ3) is 4.86. The molecule has 0 aliphatic rings. The molecule has 148 valence electrons. The van der Waals surface area contributed by atoms with Gasteiger partial charge in [-0.2, -0.15) is 5.10 Å². The molecular formula is C21H21N5O3. The van der Waals surface area contributed by atoms with Crippen LogP contribution in [0.1, 0.15) is 34.7 Å². The molecule has 0 aliphatic heterocycles. The van der Waals surface area contributed by atoms with Gasteiger partial charge in [-0.25, -0.2) is 4.68 Å². The number of hydrogen-bond donors (Lipinski definition) is 3. The molecule has 4 N–H and O–H groups in total. The van der Waals surface area contributed by atoms with Gasteiger partial charge >= 0.3 is 0 Å². The number of amides is 3. The summed E-state index contributed by atoms with van der Waals surface area (Å²) >= 11 is 0. The van der Waals surface area contributed by atoms with Gasteiger partial charge in [0.2, 0.25) is 5.91 Å². The first-order valence-corrected chi connectivity index (χ1v) is 9.01. The summed E-state index contributed by atoms with van der Waals surface area (Å²) in [6.07, 6.45) is 1.63. The van der Waals surface area contributed by atoms with E-state index >= 15 is 0 Å². The summed E-state index contributed by atoms with van der Waals surface area (Å²) in [5, 5.41) is 9.67. The van der Waals surface area contributed by atoms with Crippen molar-refractivity contribution in [2.45, 2.75) is 13.8 Å². The minimum absolute atomic E-state index is 0.0811. The molecule has 1 aromatic heterocycles. The Morgan fingerprint density at radius 3 is 2.03 bits per heavy atom. The van der Waals surface area contributed by atoms with Crippen molar-refractivity contribution < 1.29 is 14.4 Å². The number of nitrogens with one attached hydrogen (secondary N) is 2. The van der Waals surface area contributed by atoms with Crippen LogP contribution in [0.2, 0.25) is 0 Å². The average molecular weight is 391 g/mol. The molecule has 0 bridgehead atoms. The third-order valence-corrected chi connectivity index (χ3v) is 4.17. The van der Waals surface area contributed by atoms with E-state index in [-0.39, 0.29) is 23.4 Å². The number of carbonyl (C=O) groups is 3. The summed E-state index contributed by atoms with van der Waals surface area (Å²) in [6.45, 7) is 3.62. The van der Waals surface area contributed by atoms with E-state index in [4.69, 9.17) is 5.73 Å². The van der Waals surface area contributed by atoms with Crippen LogP contribution in [0.15, 0.2) is 60.8 Å². The first-order valence-electron chi connectivity index (χ1n) is 9.01. The molecule has 0 spiro atoms. The maximum absolute atomic E-state index is 12.4. The number of nitrogens with zero attached hydrogens (tertiary/aromatic N) is 2. The summed E-state index contributed by atoms with van der Waals surface area (Å²) < 4.78 is 1.52. The third-order valence-electron chi connectivity index (χ3n) is 4.17. The Kier molecular flexibility index (Phi) is 5.73. The number of nitrogens with two attached hydrogens (primary N) is 1. The Hall–Kier alpha value is -3.94. The minimum Gasteiger partial charge on any atom is -0.364 e. The Morgan fingerprint density at radius 1 is 0.897 bits per heavy atom. The average Bonchev–Trinajstić information content (AvgIpc) is 3.19. The van der Waals surface area contributed by atoms with E-state index in [2.05, 4.69) is 15.7 Å². The highest BCUT2D eigenvalue weighted by atomic mass is 16.2. The van der Waals surface area contributed by atoms with Gasteiger partial charge in [-0.15, -0.1) is 0 Å². The Labute approximate surface area is 167 Å². The summed E-state index contributed by atoms with van der Waals surface area (Å²) in [5.41, 5.74) is 7.82. The minimum atomic E-state index is -0.595.